The molecule has 0 saturated carbocycles. The Labute approximate surface area is 87.3 Å². The van der Waals surface area contributed by atoms with Gasteiger partial charge in [0.2, 0.25) is 0 Å². The summed E-state index contributed by atoms with van der Waals surface area (Å²) in [5.74, 6) is 0. The molecule has 0 radical (unpaired) electrons. The number of allylic oxidation sites excluding steroid dienone is 6. The average Bonchev–Trinajstić information content (AvgIpc) is 2.23. The van der Waals surface area contributed by atoms with Crippen LogP contribution >= 0.6 is 0 Å². The second kappa shape index (κ2) is 5.23. The normalized spacial score (nSPS) is 8.93. The second-order valence-electron chi connectivity index (χ2n) is 3.12. The van der Waals surface area contributed by atoms with Gasteiger partial charge in [-0.05, 0) is 34.3 Å². The summed E-state index contributed by atoms with van der Waals surface area (Å²) in [6.45, 7) is 25.1. The third-order valence-corrected chi connectivity index (χ3v) is 2.22. The van der Waals surface area contributed by atoms with Crippen LogP contribution in [0.1, 0.15) is 13.3 Å². The second-order valence-corrected chi connectivity index (χ2v) is 3.12. The van der Waals surface area contributed by atoms with Gasteiger partial charge in [-0.1, -0.05) is 52.5 Å². The van der Waals surface area contributed by atoms with Gasteiger partial charge in [0.05, 0.1) is 0 Å². The molecule has 0 heteroatoms. The van der Waals surface area contributed by atoms with E-state index in [9.17, 15) is 0 Å². The zero-order valence-corrected chi connectivity index (χ0v) is 9.03. The lowest BCUT2D eigenvalue weighted by atomic mass is 9.92. The summed E-state index contributed by atoms with van der Waals surface area (Å²) in [5, 5.41) is 0. The van der Waals surface area contributed by atoms with E-state index in [-0.39, 0.29) is 0 Å². The molecule has 0 atom stereocenters. The highest BCUT2D eigenvalue weighted by molar-refractivity contribution is 5.59. The van der Waals surface area contributed by atoms with E-state index in [0.717, 1.165) is 34.3 Å². The minimum atomic E-state index is 0.777. The predicted octanol–water partition coefficient (Wildman–Crippen LogP) is 4.36. The number of hydrogen-bond donors (Lipinski definition) is 0. The summed E-state index contributed by atoms with van der Waals surface area (Å²) in [4.78, 5) is 0. The Morgan fingerprint density at radius 2 is 1.43 bits per heavy atom. The van der Waals surface area contributed by atoms with Crippen molar-refractivity contribution in [3.8, 4) is 0 Å². The van der Waals surface area contributed by atoms with Crippen LogP contribution in [0.3, 0.4) is 0 Å². The molecule has 0 bridgehead atoms. The van der Waals surface area contributed by atoms with Crippen LogP contribution in [0.15, 0.2) is 73.4 Å². The van der Waals surface area contributed by atoms with Gasteiger partial charge >= 0.3 is 0 Å². The highest BCUT2D eigenvalue weighted by Crippen LogP contribution is 2.26. The van der Waals surface area contributed by atoms with E-state index in [1.807, 2.05) is 6.92 Å². The highest BCUT2D eigenvalue weighted by atomic mass is 14.1. The van der Waals surface area contributed by atoms with Gasteiger partial charge in [-0.25, -0.2) is 0 Å². The lowest BCUT2D eigenvalue weighted by Gasteiger charge is -2.13. The minimum absolute atomic E-state index is 0.777. The third kappa shape index (κ3) is 2.74. The molecule has 0 N–H and O–H groups in total. The van der Waals surface area contributed by atoms with Crippen LogP contribution in [0, 0.1) is 0 Å². The van der Waals surface area contributed by atoms with Crippen LogP contribution in [0.5, 0.6) is 0 Å². The van der Waals surface area contributed by atoms with Gasteiger partial charge in [0.25, 0.3) is 0 Å². The first kappa shape index (κ1) is 12.4. The lowest BCUT2D eigenvalue weighted by molar-refractivity contribution is 1.12. The van der Waals surface area contributed by atoms with E-state index in [0.29, 0.717) is 0 Å². The molecule has 0 aliphatic heterocycles. The fraction of sp³-hybridized carbons (Fsp3) is 0.143. The third-order valence-electron chi connectivity index (χ3n) is 2.22. The fourth-order valence-corrected chi connectivity index (χ4v) is 0.926. The van der Waals surface area contributed by atoms with Crippen molar-refractivity contribution in [1.29, 1.82) is 0 Å². The van der Waals surface area contributed by atoms with E-state index in [1.165, 1.54) is 0 Å². The Morgan fingerprint density at radius 3 is 1.79 bits per heavy atom. The molecular formula is C14H18. The highest BCUT2D eigenvalue weighted by Gasteiger charge is 2.07. The van der Waals surface area contributed by atoms with Crippen molar-refractivity contribution < 1.29 is 0 Å². The lowest BCUT2D eigenvalue weighted by Crippen LogP contribution is -1.94. The molecule has 0 spiro atoms. The fourth-order valence-electron chi connectivity index (χ4n) is 0.926. The minimum Gasteiger partial charge on any atom is -0.0985 e. The van der Waals surface area contributed by atoms with Gasteiger partial charge in [0.15, 0.2) is 0 Å². The Morgan fingerprint density at radius 1 is 0.929 bits per heavy atom. The summed E-state index contributed by atoms with van der Waals surface area (Å²) in [5.41, 5.74) is 4.18. The number of rotatable bonds is 6. The van der Waals surface area contributed by atoms with Crippen LogP contribution in [0.2, 0.25) is 0 Å². The number of hydrogen-bond acceptors (Lipinski definition) is 0. The molecule has 0 aromatic rings. The maximum atomic E-state index is 3.93. The van der Waals surface area contributed by atoms with E-state index in [1.54, 1.807) is 6.08 Å². The molecule has 0 fully saturated rings. The van der Waals surface area contributed by atoms with E-state index < -0.39 is 0 Å². The molecule has 74 valence electrons. The van der Waals surface area contributed by atoms with Crippen LogP contribution in [0.25, 0.3) is 0 Å². The molecular weight excluding hydrogens is 168 g/mol. The van der Waals surface area contributed by atoms with Crippen molar-refractivity contribution in [2.45, 2.75) is 13.3 Å². The average molecular weight is 186 g/mol. The van der Waals surface area contributed by atoms with Crippen molar-refractivity contribution in [2.24, 2.45) is 0 Å². The monoisotopic (exact) mass is 186 g/mol. The molecule has 0 aliphatic rings. The summed E-state index contributed by atoms with van der Waals surface area (Å²) in [6.07, 6.45) is 2.53. The summed E-state index contributed by atoms with van der Waals surface area (Å²) in [6, 6.07) is 0. The molecule has 0 heterocycles. The van der Waals surface area contributed by atoms with Crippen molar-refractivity contribution >= 4 is 0 Å². The Balaban J connectivity index is 4.73. The maximum Gasteiger partial charge on any atom is -0.0187 e. The van der Waals surface area contributed by atoms with Crippen LogP contribution < -0.4 is 0 Å². The van der Waals surface area contributed by atoms with Crippen molar-refractivity contribution in [3.63, 3.8) is 0 Å². The molecule has 0 amide bonds. The quantitative estimate of drug-likeness (QED) is 0.540. The van der Waals surface area contributed by atoms with Crippen molar-refractivity contribution in [2.75, 3.05) is 0 Å². The first-order valence-corrected chi connectivity index (χ1v) is 4.53. The van der Waals surface area contributed by atoms with Gasteiger partial charge in [-0.15, -0.1) is 0 Å². The molecule has 0 nitrogen and oxygen atoms in total. The molecule has 0 aromatic carbocycles. The van der Waals surface area contributed by atoms with Gasteiger partial charge in [-0.2, -0.15) is 0 Å². The van der Waals surface area contributed by atoms with E-state index in [2.05, 4.69) is 39.5 Å². The smallest absolute Gasteiger partial charge is 0.0187 e. The zero-order chi connectivity index (χ0) is 11.3. The van der Waals surface area contributed by atoms with Gasteiger partial charge in [-0.3, -0.25) is 0 Å². The van der Waals surface area contributed by atoms with Crippen LogP contribution in [-0.4, -0.2) is 0 Å². The summed E-state index contributed by atoms with van der Waals surface area (Å²) in [7, 11) is 0. The molecule has 0 rings (SSSR count). The van der Waals surface area contributed by atoms with Gasteiger partial charge in [0.1, 0.15) is 0 Å². The first-order chi connectivity index (χ1) is 6.45. The van der Waals surface area contributed by atoms with Crippen LogP contribution in [0.4, 0.5) is 0 Å². The topological polar surface area (TPSA) is 0 Å². The Hall–Kier alpha value is -1.56. The van der Waals surface area contributed by atoms with Crippen molar-refractivity contribution in [3.05, 3.63) is 73.4 Å². The van der Waals surface area contributed by atoms with Gasteiger partial charge < -0.3 is 0 Å². The summed E-state index contributed by atoms with van der Waals surface area (Å²) >= 11 is 0. The predicted molar refractivity (Wildman–Crippen MR) is 66.2 cm³/mol. The Kier molecular flexibility index (Phi) is 4.65. The molecule has 0 saturated heterocycles. The molecule has 0 aromatic heterocycles. The SMILES string of the molecule is C=CC(=C)C(=C)C(=C)C(=C)C(=C)CC. The molecule has 0 unspecified atom stereocenters. The van der Waals surface area contributed by atoms with E-state index in [4.69, 9.17) is 0 Å². The standard InChI is InChI=1S/C14H18/c1-8-10(3)12(5)14(7)13(6)11(4)9-2/h8H,1,3-7,9H2,2H3. The zero-order valence-electron chi connectivity index (χ0n) is 9.03. The van der Waals surface area contributed by atoms with Gasteiger partial charge in [0, 0.05) is 0 Å². The Bertz CT molecular complexity index is 324. The maximum absolute atomic E-state index is 3.93. The molecule has 0 aliphatic carbocycles. The van der Waals surface area contributed by atoms with Crippen molar-refractivity contribution in [1.82, 2.24) is 0 Å². The molecule has 14 heavy (non-hydrogen) atoms. The van der Waals surface area contributed by atoms with Crippen LogP contribution in [-0.2, 0) is 0 Å². The van der Waals surface area contributed by atoms with E-state index >= 15 is 0 Å². The largest absolute Gasteiger partial charge is 0.0985 e. The summed E-state index contributed by atoms with van der Waals surface area (Å²) < 4.78 is 0. The first-order valence-electron chi connectivity index (χ1n) is 4.53.